The number of carbonyl (C=O) groups is 1. The molecule has 0 spiro atoms. The number of amides is 1. The number of rotatable bonds is 5. The van der Waals surface area contributed by atoms with Gasteiger partial charge in [-0.15, -0.1) is 4.98 Å². The van der Waals surface area contributed by atoms with Crippen molar-refractivity contribution in [2.75, 3.05) is 14.2 Å². The van der Waals surface area contributed by atoms with Gasteiger partial charge in [0.05, 0.1) is 20.8 Å². The average molecular weight is 330 g/mol. The number of para-hydroxylation sites is 1. The van der Waals surface area contributed by atoms with Crippen molar-refractivity contribution >= 4 is 5.91 Å². The van der Waals surface area contributed by atoms with Crippen molar-refractivity contribution in [3.8, 4) is 17.8 Å². The van der Waals surface area contributed by atoms with E-state index in [0.717, 1.165) is 17.7 Å². The number of benzene rings is 1. The SMILES string of the molecule is COc1nc(CNC(=O)[C@@H]2CCc3ccccc3O2)nc(OC)n1. The van der Waals surface area contributed by atoms with E-state index in [1.807, 2.05) is 24.3 Å². The van der Waals surface area contributed by atoms with Gasteiger partial charge in [0.1, 0.15) is 5.75 Å². The maximum atomic E-state index is 12.3. The van der Waals surface area contributed by atoms with Crippen LogP contribution < -0.4 is 19.5 Å². The molecule has 0 saturated carbocycles. The third-order valence-corrected chi connectivity index (χ3v) is 3.64. The van der Waals surface area contributed by atoms with Gasteiger partial charge in [0, 0.05) is 0 Å². The molecule has 1 amide bonds. The molecule has 1 atom stereocenters. The van der Waals surface area contributed by atoms with Crippen LogP contribution in [0.1, 0.15) is 17.8 Å². The molecule has 0 aliphatic carbocycles. The lowest BCUT2D eigenvalue weighted by molar-refractivity contribution is -0.128. The normalized spacial score (nSPS) is 15.8. The molecule has 2 heterocycles. The van der Waals surface area contributed by atoms with Crippen molar-refractivity contribution < 1.29 is 19.0 Å². The second kappa shape index (κ2) is 7.12. The molecular weight excluding hydrogens is 312 g/mol. The van der Waals surface area contributed by atoms with Crippen LogP contribution in [0.2, 0.25) is 0 Å². The summed E-state index contributed by atoms with van der Waals surface area (Å²) in [4.78, 5) is 24.4. The molecule has 0 fully saturated rings. The van der Waals surface area contributed by atoms with Gasteiger partial charge in [0.2, 0.25) is 0 Å². The Morgan fingerprint density at radius 2 is 1.92 bits per heavy atom. The quantitative estimate of drug-likeness (QED) is 0.870. The lowest BCUT2D eigenvalue weighted by atomic mass is 10.0. The Labute approximate surface area is 139 Å². The van der Waals surface area contributed by atoms with Crippen LogP contribution in [0, 0.1) is 0 Å². The Morgan fingerprint density at radius 1 is 1.21 bits per heavy atom. The maximum Gasteiger partial charge on any atom is 0.322 e. The number of nitrogens with zero attached hydrogens (tertiary/aromatic N) is 3. The zero-order valence-electron chi connectivity index (χ0n) is 13.5. The van der Waals surface area contributed by atoms with E-state index < -0.39 is 6.10 Å². The van der Waals surface area contributed by atoms with Gasteiger partial charge in [0.15, 0.2) is 11.9 Å². The molecule has 1 N–H and O–H groups in total. The van der Waals surface area contributed by atoms with Crippen LogP contribution in [-0.2, 0) is 17.8 Å². The number of aromatic nitrogens is 3. The fourth-order valence-electron chi connectivity index (χ4n) is 2.43. The molecule has 1 aromatic carbocycles. The van der Waals surface area contributed by atoms with E-state index in [4.69, 9.17) is 14.2 Å². The lowest BCUT2D eigenvalue weighted by Gasteiger charge is -2.25. The van der Waals surface area contributed by atoms with E-state index in [9.17, 15) is 4.79 Å². The molecule has 126 valence electrons. The number of hydrogen-bond donors (Lipinski definition) is 1. The molecule has 2 aromatic rings. The monoisotopic (exact) mass is 330 g/mol. The Hall–Kier alpha value is -2.90. The van der Waals surface area contributed by atoms with Crippen LogP contribution in [0.15, 0.2) is 24.3 Å². The van der Waals surface area contributed by atoms with Gasteiger partial charge in [-0.2, -0.15) is 9.97 Å². The van der Waals surface area contributed by atoms with Crippen LogP contribution in [0.3, 0.4) is 0 Å². The molecule has 1 aromatic heterocycles. The van der Waals surface area contributed by atoms with E-state index in [-0.39, 0.29) is 24.5 Å². The van der Waals surface area contributed by atoms with Crippen LogP contribution in [0.4, 0.5) is 0 Å². The number of nitrogens with one attached hydrogen (secondary N) is 1. The van der Waals surface area contributed by atoms with Gasteiger partial charge in [-0.3, -0.25) is 4.79 Å². The first-order valence-electron chi connectivity index (χ1n) is 7.55. The molecule has 0 radical (unpaired) electrons. The maximum absolute atomic E-state index is 12.3. The van der Waals surface area contributed by atoms with Crippen LogP contribution >= 0.6 is 0 Å². The van der Waals surface area contributed by atoms with Gasteiger partial charge in [-0.05, 0) is 24.5 Å². The van der Waals surface area contributed by atoms with Gasteiger partial charge >= 0.3 is 12.0 Å². The molecule has 1 aliphatic heterocycles. The number of methoxy groups -OCH3 is 2. The summed E-state index contributed by atoms with van der Waals surface area (Å²) in [5, 5.41) is 2.77. The van der Waals surface area contributed by atoms with E-state index in [1.54, 1.807) is 0 Å². The van der Waals surface area contributed by atoms with E-state index in [0.29, 0.717) is 12.2 Å². The summed E-state index contributed by atoms with van der Waals surface area (Å²) in [5.74, 6) is 0.901. The summed E-state index contributed by atoms with van der Waals surface area (Å²) < 4.78 is 15.7. The summed E-state index contributed by atoms with van der Waals surface area (Å²) in [6.07, 6.45) is 0.916. The fourth-order valence-corrected chi connectivity index (χ4v) is 2.43. The van der Waals surface area contributed by atoms with E-state index in [2.05, 4.69) is 20.3 Å². The predicted molar refractivity (Wildman–Crippen MR) is 84.0 cm³/mol. The molecule has 24 heavy (non-hydrogen) atoms. The standard InChI is InChI=1S/C16H18N4O4/c1-22-15-18-13(19-16(20-15)23-2)9-17-14(21)12-8-7-10-5-3-4-6-11(10)24-12/h3-6,12H,7-9H2,1-2H3,(H,17,21)/t12-/m0/s1. The van der Waals surface area contributed by atoms with Crippen molar-refractivity contribution in [1.29, 1.82) is 0 Å². The summed E-state index contributed by atoms with van der Waals surface area (Å²) in [6, 6.07) is 8.00. The van der Waals surface area contributed by atoms with Crippen molar-refractivity contribution in [1.82, 2.24) is 20.3 Å². The Kier molecular flexibility index (Phi) is 4.74. The average Bonchev–Trinajstić information content (AvgIpc) is 2.65. The van der Waals surface area contributed by atoms with Crippen LogP contribution in [0.25, 0.3) is 0 Å². The number of aryl methyl sites for hydroxylation is 1. The van der Waals surface area contributed by atoms with Crippen molar-refractivity contribution in [3.63, 3.8) is 0 Å². The van der Waals surface area contributed by atoms with Gasteiger partial charge in [-0.1, -0.05) is 18.2 Å². The van der Waals surface area contributed by atoms with Gasteiger partial charge in [-0.25, -0.2) is 0 Å². The molecule has 8 nitrogen and oxygen atoms in total. The number of ether oxygens (including phenoxy) is 3. The molecule has 0 bridgehead atoms. The summed E-state index contributed by atoms with van der Waals surface area (Å²) in [7, 11) is 2.90. The fraction of sp³-hybridized carbons (Fsp3) is 0.375. The summed E-state index contributed by atoms with van der Waals surface area (Å²) >= 11 is 0. The van der Waals surface area contributed by atoms with E-state index in [1.165, 1.54) is 14.2 Å². The van der Waals surface area contributed by atoms with Gasteiger partial charge < -0.3 is 19.5 Å². The first-order chi connectivity index (χ1) is 11.7. The summed E-state index contributed by atoms with van der Waals surface area (Å²) in [5.41, 5.74) is 1.12. The number of fused-ring (bicyclic) bond motifs is 1. The molecule has 1 aliphatic rings. The minimum absolute atomic E-state index is 0.133. The third kappa shape index (κ3) is 3.53. The minimum atomic E-state index is -0.523. The third-order valence-electron chi connectivity index (χ3n) is 3.64. The first-order valence-corrected chi connectivity index (χ1v) is 7.55. The molecule has 8 heteroatoms. The summed E-state index contributed by atoms with van der Waals surface area (Å²) in [6.45, 7) is 0.135. The Bertz CT molecular complexity index is 716. The Balaban J connectivity index is 1.62. The molecule has 3 rings (SSSR count). The molecule has 0 unspecified atom stereocenters. The highest BCUT2D eigenvalue weighted by Gasteiger charge is 2.25. The van der Waals surface area contributed by atoms with Crippen molar-refractivity contribution in [3.05, 3.63) is 35.7 Å². The predicted octanol–water partition coefficient (Wildman–Crippen LogP) is 0.899. The number of hydrogen-bond acceptors (Lipinski definition) is 7. The second-order valence-corrected chi connectivity index (χ2v) is 5.20. The van der Waals surface area contributed by atoms with Gasteiger partial charge in [0.25, 0.3) is 5.91 Å². The van der Waals surface area contributed by atoms with Crippen LogP contribution in [-0.4, -0.2) is 41.2 Å². The van der Waals surface area contributed by atoms with Crippen molar-refractivity contribution in [2.45, 2.75) is 25.5 Å². The zero-order chi connectivity index (χ0) is 16.9. The number of carbonyl (C=O) groups excluding carboxylic acids is 1. The topological polar surface area (TPSA) is 95.5 Å². The Morgan fingerprint density at radius 3 is 2.62 bits per heavy atom. The van der Waals surface area contributed by atoms with Crippen LogP contribution in [0.5, 0.6) is 17.8 Å². The molecular formula is C16H18N4O4. The molecule has 0 saturated heterocycles. The highest BCUT2D eigenvalue weighted by atomic mass is 16.5. The first kappa shape index (κ1) is 16.0. The second-order valence-electron chi connectivity index (χ2n) is 5.20. The largest absolute Gasteiger partial charge is 0.480 e. The highest BCUT2D eigenvalue weighted by Crippen LogP contribution is 2.27. The smallest absolute Gasteiger partial charge is 0.322 e. The highest BCUT2D eigenvalue weighted by molar-refractivity contribution is 5.81. The zero-order valence-corrected chi connectivity index (χ0v) is 13.5. The minimum Gasteiger partial charge on any atom is -0.480 e. The van der Waals surface area contributed by atoms with Crippen molar-refractivity contribution in [2.24, 2.45) is 0 Å². The lowest BCUT2D eigenvalue weighted by Crippen LogP contribution is -2.40. The van der Waals surface area contributed by atoms with E-state index >= 15 is 0 Å².